The summed E-state index contributed by atoms with van der Waals surface area (Å²) >= 11 is 0. The lowest BCUT2D eigenvalue weighted by atomic mass is 9.94. The molecule has 0 bridgehead atoms. The summed E-state index contributed by atoms with van der Waals surface area (Å²) in [6.07, 6.45) is 0.463. The molecule has 7 heteroatoms. The van der Waals surface area contributed by atoms with Gasteiger partial charge in [0.05, 0.1) is 13.7 Å². The maximum Gasteiger partial charge on any atom is 0.325 e. The number of aryl methyl sites for hydroxylation is 2. The van der Waals surface area contributed by atoms with E-state index in [-0.39, 0.29) is 6.54 Å². The molecule has 0 aromatic heterocycles. The maximum atomic E-state index is 12.4. The topological polar surface area (TPSA) is 87.7 Å². The molecule has 152 valence electrons. The number of urea groups is 1. The average Bonchev–Trinajstić information content (AvgIpc) is 2.69. The van der Waals surface area contributed by atoms with Crippen molar-refractivity contribution in [2.75, 3.05) is 19.0 Å². The fourth-order valence-electron chi connectivity index (χ4n) is 3.44. The van der Waals surface area contributed by atoms with Crippen LogP contribution in [0.4, 0.5) is 10.5 Å². The van der Waals surface area contributed by atoms with Gasteiger partial charge in [-0.15, -0.1) is 0 Å². The number of ether oxygens (including phenoxy) is 1. The summed E-state index contributed by atoms with van der Waals surface area (Å²) in [4.78, 5) is 38.6. The molecule has 3 rings (SSSR count). The Morgan fingerprint density at radius 2 is 1.79 bits per heavy atom. The molecule has 0 unspecified atom stereocenters. The Morgan fingerprint density at radius 1 is 1.07 bits per heavy atom. The molecule has 1 atom stereocenters. The van der Waals surface area contributed by atoms with Gasteiger partial charge in [0.1, 0.15) is 6.04 Å². The number of esters is 1. The molecule has 7 nitrogen and oxygen atoms in total. The van der Waals surface area contributed by atoms with Crippen molar-refractivity contribution >= 4 is 23.6 Å². The predicted molar refractivity (Wildman–Crippen MR) is 109 cm³/mol. The number of hydrogen-bond acceptors (Lipinski definition) is 5. The van der Waals surface area contributed by atoms with Crippen LogP contribution in [0.2, 0.25) is 0 Å². The summed E-state index contributed by atoms with van der Waals surface area (Å²) in [5, 5.41) is 4.99. The van der Waals surface area contributed by atoms with E-state index in [0.29, 0.717) is 18.7 Å². The van der Waals surface area contributed by atoms with Crippen LogP contribution in [0.25, 0.3) is 0 Å². The highest BCUT2D eigenvalue weighted by atomic mass is 16.5. The summed E-state index contributed by atoms with van der Waals surface area (Å²) in [6.45, 7) is 4.28. The minimum absolute atomic E-state index is 0.0888. The number of fused-ring (bicyclic) bond motifs is 1. The van der Waals surface area contributed by atoms with Crippen LogP contribution in [-0.4, -0.2) is 42.5 Å². The molecule has 1 aliphatic heterocycles. The van der Waals surface area contributed by atoms with Crippen molar-refractivity contribution in [1.29, 1.82) is 0 Å². The van der Waals surface area contributed by atoms with Crippen LogP contribution in [0.15, 0.2) is 42.5 Å². The zero-order valence-electron chi connectivity index (χ0n) is 16.8. The number of anilines is 1. The van der Waals surface area contributed by atoms with Gasteiger partial charge in [-0.25, -0.2) is 4.79 Å². The minimum atomic E-state index is -0.606. The Balaban J connectivity index is 1.64. The highest BCUT2D eigenvalue weighted by molar-refractivity contribution is 6.02. The van der Waals surface area contributed by atoms with Crippen LogP contribution in [0.5, 0.6) is 0 Å². The Labute approximate surface area is 170 Å². The molecule has 0 aliphatic carbocycles. The maximum absolute atomic E-state index is 12.4. The van der Waals surface area contributed by atoms with E-state index in [0.717, 1.165) is 22.3 Å². The molecule has 29 heavy (non-hydrogen) atoms. The van der Waals surface area contributed by atoms with Crippen molar-refractivity contribution in [2.24, 2.45) is 0 Å². The van der Waals surface area contributed by atoms with Gasteiger partial charge in [-0.1, -0.05) is 30.3 Å². The van der Waals surface area contributed by atoms with E-state index in [9.17, 15) is 14.4 Å². The summed E-state index contributed by atoms with van der Waals surface area (Å²) in [5.41, 5.74) is 4.89. The number of rotatable bonds is 4. The number of methoxy groups -OCH3 is 1. The van der Waals surface area contributed by atoms with E-state index in [4.69, 9.17) is 4.74 Å². The first-order valence-corrected chi connectivity index (χ1v) is 9.44. The zero-order valence-corrected chi connectivity index (χ0v) is 16.8. The molecule has 0 radical (unpaired) electrons. The first-order valence-electron chi connectivity index (χ1n) is 9.44. The molecule has 2 aromatic rings. The molecule has 0 saturated heterocycles. The van der Waals surface area contributed by atoms with Gasteiger partial charge in [0.15, 0.2) is 0 Å². The fourth-order valence-corrected chi connectivity index (χ4v) is 3.44. The van der Waals surface area contributed by atoms with Crippen molar-refractivity contribution in [3.05, 3.63) is 64.7 Å². The lowest BCUT2D eigenvalue weighted by Crippen LogP contribution is -2.51. The van der Waals surface area contributed by atoms with Crippen LogP contribution in [-0.2, 0) is 27.3 Å². The fraction of sp³-hybridized carbons (Fsp3) is 0.318. The van der Waals surface area contributed by atoms with Crippen molar-refractivity contribution in [1.82, 2.24) is 10.2 Å². The molecule has 2 N–H and O–H groups in total. The van der Waals surface area contributed by atoms with Crippen LogP contribution in [0.1, 0.15) is 22.3 Å². The van der Waals surface area contributed by atoms with Crippen molar-refractivity contribution in [3.63, 3.8) is 0 Å². The molecule has 1 heterocycles. The monoisotopic (exact) mass is 395 g/mol. The molecule has 0 fully saturated rings. The van der Waals surface area contributed by atoms with E-state index in [1.165, 1.54) is 7.11 Å². The molecule has 3 amide bonds. The molecular formula is C22H25N3O4. The number of benzene rings is 2. The first kappa shape index (κ1) is 20.5. The van der Waals surface area contributed by atoms with E-state index >= 15 is 0 Å². The van der Waals surface area contributed by atoms with E-state index in [1.54, 1.807) is 11.0 Å². The number of hydrogen-bond donors (Lipinski definition) is 2. The Bertz CT molecular complexity index is 941. The van der Waals surface area contributed by atoms with E-state index in [1.807, 2.05) is 50.2 Å². The van der Waals surface area contributed by atoms with Gasteiger partial charge >= 0.3 is 12.0 Å². The first-order chi connectivity index (χ1) is 13.9. The van der Waals surface area contributed by atoms with Gasteiger partial charge in [-0.05, 0) is 54.7 Å². The third-order valence-electron chi connectivity index (χ3n) is 5.18. The van der Waals surface area contributed by atoms with Crippen molar-refractivity contribution in [2.45, 2.75) is 32.9 Å². The molecule has 1 aliphatic rings. The molecule has 0 spiro atoms. The van der Waals surface area contributed by atoms with E-state index < -0.39 is 23.9 Å². The second kappa shape index (κ2) is 8.87. The molecular weight excluding hydrogens is 370 g/mol. The number of nitrogens with zero attached hydrogens (tertiary/aromatic N) is 1. The number of carbonyl (C=O) groups excluding carboxylic acids is 3. The van der Waals surface area contributed by atoms with Crippen molar-refractivity contribution in [3.8, 4) is 0 Å². The minimum Gasteiger partial charge on any atom is -0.468 e. The predicted octanol–water partition coefficient (Wildman–Crippen LogP) is 2.55. The highest BCUT2D eigenvalue weighted by Crippen LogP contribution is 2.23. The highest BCUT2D eigenvalue weighted by Gasteiger charge is 2.33. The zero-order chi connectivity index (χ0) is 21.0. The van der Waals surface area contributed by atoms with Crippen LogP contribution < -0.4 is 10.6 Å². The summed E-state index contributed by atoms with van der Waals surface area (Å²) in [5.74, 6) is -0.883. The van der Waals surface area contributed by atoms with Crippen LogP contribution >= 0.6 is 0 Å². The SMILES string of the molecule is COC(=O)[C@@H]1Cc2ccccc2CN1CC(=O)NC(=O)Nc1ccc(C)c(C)c1. The second-order valence-electron chi connectivity index (χ2n) is 7.22. The van der Waals surface area contributed by atoms with Crippen LogP contribution in [0, 0.1) is 13.8 Å². The number of amides is 3. The summed E-state index contributed by atoms with van der Waals surface area (Å²) in [7, 11) is 1.33. The number of carbonyl (C=O) groups is 3. The lowest BCUT2D eigenvalue weighted by molar-refractivity contribution is -0.148. The lowest BCUT2D eigenvalue weighted by Gasteiger charge is -2.34. The van der Waals surface area contributed by atoms with Crippen molar-refractivity contribution < 1.29 is 19.1 Å². The average molecular weight is 395 g/mol. The van der Waals surface area contributed by atoms with Crippen LogP contribution in [0.3, 0.4) is 0 Å². The molecule has 2 aromatic carbocycles. The Morgan fingerprint density at radius 3 is 2.48 bits per heavy atom. The molecule has 0 saturated carbocycles. The third kappa shape index (κ3) is 5.00. The van der Waals surface area contributed by atoms with Gasteiger partial charge in [0, 0.05) is 12.2 Å². The normalized spacial score (nSPS) is 15.9. The summed E-state index contributed by atoms with van der Waals surface area (Å²) < 4.78 is 4.91. The van der Waals surface area contributed by atoms with Gasteiger partial charge < -0.3 is 10.1 Å². The summed E-state index contributed by atoms with van der Waals surface area (Å²) in [6, 6.07) is 12.1. The van der Waals surface area contributed by atoms with Gasteiger partial charge in [0.2, 0.25) is 5.91 Å². The Hall–Kier alpha value is -3.19. The number of nitrogens with one attached hydrogen (secondary N) is 2. The van der Waals surface area contributed by atoms with Gasteiger partial charge in [-0.3, -0.25) is 19.8 Å². The smallest absolute Gasteiger partial charge is 0.325 e. The quantitative estimate of drug-likeness (QED) is 0.777. The largest absolute Gasteiger partial charge is 0.468 e. The van der Waals surface area contributed by atoms with E-state index in [2.05, 4.69) is 10.6 Å². The Kier molecular flexibility index (Phi) is 6.29. The van der Waals surface area contributed by atoms with Gasteiger partial charge in [-0.2, -0.15) is 0 Å². The standard InChI is InChI=1S/C22H25N3O4/c1-14-8-9-18(10-15(14)2)23-22(28)24-20(26)13-25-12-17-7-5-4-6-16(17)11-19(25)21(27)29-3/h4-10,19H,11-13H2,1-3H3,(H2,23,24,26,28)/t19-/m0/s1. The third-order valence-corrected chi connectivity index (χ3v) is 5.18. The van der Waals surface area contributed by atoms with Gasteiger partial charge in [0.25, 0.3) is 0 Å². The second-order valence-corrected chi connectivity index (χ2v) is 7.22. The number of imide groups is 1.